The SMILES string of the molecule is Cc1ccc(CC(CCC#N)c2ccc(N=Nc3nc4ccc(Cl)cc4s3)cc2)cc1. The highest BCUT2D eigenvalue weighted by Crippen LogP contribution is 2.32. The molecule has 0 amide bonds. The summed E-state index contributed by atoms with van der Waals surface area (Å²) < 4.78 is 0.994. The van der Waals surface area contributed by atoms with E-state index in [1.807, 2.05) is 30.3 Å². The van der Waals surface area contributed by atoms with Gasteiger partial charge in [0.2, 0.25) is 5.13 Å². The Kier molecular flexibility index (Phi) is 6.71. The molecule has 0 aliphatic carbocycles. The minimum atomic E-state index is 0.294. The molecule has 6 heteroatoms. The van der Waals surface area contributed by atoms with Gasteiger partial charge in [-0.15, -0.1) is 10.2 Å². The molecule has 1 heterocycles. The van der Waals surface area contributed by atoms with Crippen LogP contribution in [0.1, 0.15) is 35.4 Å². The van der Waals surface area contributed by atoms with E-state index in [9.17, 15) is 0 Å². The third-order valence-corrected chi connectivity index (χ3v) is 6.30. The number of hydrogen-bond acceptors (Lipinski definition) is 5. The average Bonchev–Trinajstić information content (AvgIpc) is 3.19. The van der Waals surface area contributed by atoms with Crippen LogP contribution in [0.5, 0.6) is 0 Å². The van der Waals surface area contributed by atoms with E-state index in [2.05, 4.69) is 64.6 Å². The van der Waals surface area contributed by atoms with Gasteiger partial charge in [0.1, 0.15) is 0 Å². The Morgan fingerprint density at radius 1 is 1.03 bits per heavy atom. The van der Waals surface area contributed by atoms with E-state index in [1.54, 1.807) is 0 Å². The lowest BCUT2D eigenvalue weighted by Crippen LogP contribution is -2.03. The van der Waals surface area contributed by atoms with Crippen molar-refractivity contribution in [2.75, 3.05) is 0 Å². The number of aromatic nitrogens is 1. The molecule has 4 nitrogen and oxygen atoms in total. The number of hydrogen-bond donors (Lipinski definition) is 0. The molecule has 0 N–H and O–H groups in total. The molecule has 0 saturated heterocycles. The summed E-state index contributed by atoms with van der Waals surface area (Å²) in [6, 6.07) is 24.6. The zero-order chi connectivity index (χ0) is 21.6. The van der Waals surface area contributed by atoms with E-state index in [-0.39, 0.29) is 0 Å². The Morgan fingerprint density at radius 2 is 1.81 bits per heavy atom. The number of thiazole rings is 1. The summed E-state index contributed by atoms with van der Waals surface area (Å²) in [7, 11) is 0. The van der Waals surface area contributed by atoms with Gasteiger partial charge in [0.15, 0.2) is 0 Å². The predicted octanol–water partition coefficient (Wildman–Crippen LogP) is 8.30. The Morgan fingerprint density at radius 3 is 2.55 bits per heavy atom. The van der Waals surface area contributed by atoms with E-state index in [1.165, 1.54) is 28.0 Å². The molecule has 0 aliphatic heterocycles. The van der Waals surface area contributed by atoms with Crippen LogP contribution >= 0.6 is 22.9 Å². The van der Waals surface area contributed by atoms with Gasteiger partial charge in [-0.1, -0.05) is 64.9 Å². The number of nitrogens with zero attached hydrogens (tertiary/aromatic N) is 4. The van der Waals surface area contributed by atoms with E-state index in [4.69, 9.17) is 16.9 Å². The van der Waals surface area contributed by atoms with Gasteiger partial charge in [0.25, 0.3) is 0 Å². The van der Waals surface area contributed by atoms with Crippen LogP contribution in [0.2, 0.25) is 5.02 Å². The molecule has 1 atom stereocenters. The van der Waals surface area contributed by atoms with E-state index in [0.717, 1.165) is 28.7 Å². The molecule has 4 rings (SSSR count). The zero-order valence-electron chi connectivity index (χ0n) is 17.1. The van der Waals surface area contributed by atoms with Crippen molar-refractivity contribution in [3.63, 3.8) is 0 Å². The number of halogens is 1. The maximum atomic E-state index is 9.06. The molecule has 0 spiro atoms. The zero-order valence-corrected chi connectivity index (χ0v) is 18.7. The minimum absolute atomic E-state index is 0.294. The van der Waals surface area contributed by atoms with Gasteiger partial charge in [-0.25, -0.2) is 4.98 Å². The Bertz CT molecular complexity index is 1240. The second-order valence-electron chi connectivity index (χ2n) is 7.48. The lowest BCUT2D eigenvalue weighted by molar-refractivity contribution is 0.632. The molecule has 1 unspecified atom stereocenters. The summed E-state index contributed by atoms with van der Waals surface area (Å²) in [5.74, 6) is 0.294. The summed E-state index contributed by atoms with van der Waals surface area (Å²) >= 11 is 7.50. The van der Waals surface area contributed by atoms with Gasteiger partial charge in [0, 0.05) is 11.4 Å². The number of azo groups is 1. The third-order valence-electron chi connectivity index (χ3n) is 5.16. The van der Waals surface area contributed by atoms with Crippen LogP contribution in [0, 0.1) is 18.3 Å². The monoisotopic (exact) mass is 444 g/mol. The van der Waals surface area contributed by atoms with Gasteiger partial charge >= 0.3 is 0 Å². The summed E-state index contributed by atoms with van der Waals surface area (Å²) in [4.78, 5) is 4.47. The summed E-state index contributed by atoms with van der Waals surface area (Å²) in [5.41, 5.74) is 5.39. The average molecular weight is 445 g/mol. The first kappa shape index (κ1) is 21.2. The molecule has 1 aromatic heterocycles. The first-order valence-electron chi connectivity index (χ1n) is 10.1. The van der Waals surface area contributed by atoms with Crippen molar-refractivity contribution in [2.45, 2.75) is 32.1 Å². The molecule has 3 aromatic carbocycles. The number of fused-ring (bicyclic) bond motifs is 1. The number of benzene rings is 3. The van der Waals surface area contributed by atoms with Crippen molar-refractivity contribution in [2.24, 2.45) is 10.2 Å². The summed E-state index contributed by atoms with van der Waals surface area (Å²) in [6.07, 6.45) is 2.29. The van der Waals surface area contributed by atoms with Crippen LogP contribution < -0.4 is 0 Å². The van der Waals surface area contributed by atoms with Crippen molar-refractivity contribution >= 4 is 44.0 Å². The van der Waals surface area contributed by atoms with Crippen LogP contribution in [-0.2, 0) is 6.42 Å². The van der Waals surface area contributed by atoms with Gasteiger partial charge in [-0.05, 0) is 67.1 Å². The Balaban J connectivity index is 1.49. The molecule has 4 aromatic rings. The first-order chi connectivity index (χ1) is 15.1. The van der Waals surface area contributed by atoms with Crippen LogP contribution in [0.25, 0.3) is 10.2 Å². The summed E-state index contributed by atoms with van der Waals surface area (Å²) in [6.45, 7) is 2.09. The molecule has 0 fully saturated rings. The maximum Gasteiger partial charge on any atom is 0.231 e. The van der Waals surface area contributed by atoms with E-state index < -0.39 is 0 Å². The van der Waals surface area contributed by atoms with Crippen LogP contribution in [0.4, 0.5) is 10.8 Å². The number of aryl methyl sites for hydroxylation is 1. The van der Waals surface area contributed by atoms with Gasteiger partial charge < -0.3 is 0 Å². The highest BCUT2D eigenvalue weighted by atomic mass is 35.5. The second-order valence-corrected chi connectivity index (χ2v) is 8.93. The third kappa shape index (κ3) is 5.55. The van der Waals surface area contributed by atoms with Crippen LogP contribution in [0.3, 0.4) is 0 Å². The van der Waals surface area contributed by atoms with Gasteiger partial charge in [-0.2, -0.15) is 5.26 Å². The quantitative estimate of drug-likeness (QED) is 0.269. The fourth-order valence-corrected chi connectivity index (χ4v) is 4.54. The van der Waals surface area contributed by atoms with Crippen molar-refractivity contribution in [3.8, 4) is 6.07 Å². The molecular formula is C25H21ClN4S. The van der Waals surface area contributed by atoms with Crippen molar-refractivity contribution in [3.05, 3.63) is 88.4 Å². The predicted molar refractivity (Wildman–Crippen MR) is 128 cm³/mol. The van der Waals surface area contributed by atoms with Gasteiger partial charge in [-0.3, -0.25) is 0 Å². The molecule has 31 heavy (non-hydrogen) atoms. The minimum Gasteiger partial charge on any atom is -0.217 e. The lowest BCUT2D eigenvalue weighted by Gasteiger charge is -2.16. The fourth-order valence-electron chi connectivity index (χ4n) is 3.48. The van der Waals surface area contributed by atoms with Crippen LogP contribution in [0.15, 0.2) is 77.0 Å². The smallest absolute Gasteiger partial charge is 0.217 e. The standard InChI is InChI=1S/C25H21ClN4S/c1-17-4-6-18(7-5-17)15-20(3-2-14-27)19-8-11-22(12-9-19)29-30-25-28-23-13-10-21(26)16-24(23)31-25/h4-13,16,20H,2-3,15H2,1H3. The largest absolute Gasteiger partial charge is 0.231 e. The Labute approximate surface area is 190 Å². The van der Waals surface area contributed by atoms with Crippen molar-refractivity contribution in [1.29, 1.82) is 5.26 Å². The highest BCUT2D eigenvalue weighted by Gasteiger charge is 2.13. The molecular weight excluding hydrogens is 424 g/mol. The molecule has 154 valence electrons. The van der Waals surface area contributed by atoms with Crippen molar-refractivity contribution < 1.29 is 0 Å². The van der Waals surface area contributed by atoms with E-state index >= 15 is 0 Å². The number of nitriles is 1. The topological polar surface area (TPSA) is 61.4 Å². The summed E-state index contributed by atoms with van der Waals surface area (Å²) in [5, 5.41) is 19.0. The molecule has 0 saturated carbocycles. The number of rotatable bonds is 7. The normalized spacial score (nSPS) is 12.3. The van der Waals surface area contributed by atoms with E-state index in [0.29, 0.717) is 22.5 Å². The molecule has 0 radical (unpaired) electrons. The fraction of sp³-hybridized carbons (Fsp3) is 0.200. The van der Waals surface area contributed by atoms with Crippen molar-refractivity contribution in [1.82, 2.24) is 4.98 Å². The second kappa shape index (κ2) is 9.82. The van der Waals surface area contributed by atoms with Crippen LogP contribution in [-0.4, -0.2) is 4.98 Å². The molecule has 0 bridgehead atoms. The first-order valence-corrected chi connectivity index (χ1v) is 11.3. The Hall–Kier alpha value is -3.07. The maximum absolute atomic E-state index is 9.06. The highest BCUT2D eigenvalue weighted by molar-refractivity contribution is 7.21. The van der Waals surface area contributed by atoms with Gasteiger partial charge in [0.05, 0.1) is 22.0 Å². The molecule has 0 aliphatic rings. The lowest BCUT2D eigenvalue weighted by atomic mass is 9.88.